The van der Waals surface area contributed by atoms with E-state index >= 15 is 0 Å². The van der Waals surface area contributed by atoms with Crippen molar-refractivity contribution in [2.24, 2.45) is 0 Å². The fraction of sp³-hybridized carbons (Fsp3) is 0.231. The third-order valence-electron chi connectivity index (χ3n) is 2.96. The van der Waals surface area contributed by atoms with Crippen molar-refractivity contribution in [2.45, 2.75) is 6.92 Å². The standard InChI is InChI=1S/C13H13NO5/c1-6-10(13(16)17)14-11-8(12(6)15)4-7(18-2)5-9(11)19-3/h4-5H,1-3H3,(H,14,15)(H,16,17). The molecule has 0 saturated heterocycles. The molecule has 2 N–H and O–H groups in total. The predicted octanol–water partition coefficient (Wildman–Crippen LogP) is 1.55. The van der Waals surface area contributed by atoms with Crippen LogP contribution in [0.5, 0.6) is 11.5 Å². The van der Waals surface area contributed by atoms with Crippen LogP contribution in [0.15, 0.2) is 16.9 Å². The fourth-order valence-electron chi connectivity index (χ4n) is 1.93. The highest BCUT2D eigenvalue weighted by molar-refractivity contribution is 5.94. The predicted molar refractivity (Wildman–Crippen MR) is 69.4 cm³/mol. The maximum absolute atomic E-state index is 12.2. The number of rotatable bonds is 3. The van der Waals surface area contributed by atoms with Gasteiger partial charge < -0.3 is 19.6 Å². The normalized spacial score (nSPS) is 10.5. The molecule has 0 atom stereocenters. The SMILES string of the molecule is COc1cc(OC)c2[nH]c(C(=O)O)c(C)c(=O)c2c1. The van der Waals surface area contributed by atoms with Crippen LogP contribution in [0.25, 0.3) is 10.9 Å². The van der Waals surface area contributed by atoms with Crippen molar-refractivity contribution >= 4 is 16.9 Å². The Hall–Kier alpha value is -2.50. The Bertz CT molecular complexity index is 717. The number of methoxy groups -OCH3 is 2. The quantitative estimate of drug-likeness (QED) is 0.877. The Balaban J connectivity index is 2.95. The van der Waals surface area contributed by atoms with Crippen LogP contribution in [-0.2, 0) is 0 Å². The second-order valence-electron chi connectivity index (χ2n) is 4.01. The molecular weight excluding hydrogens is 250 g/mol. The summed E-state index contributed by atoms with van der Waals surface area (Å²) >= 11 is 0. The van der Waals surface area contributed by atoms with Gasteiger partial charge >= 0.3 is 5.97 Å². The van der Waals surface area contributed by atoms with Crippen LogP contribution in [0.1, 0.15) is 16.1 Å². The number of hydrogen-bond donors (Lipinski definition) is 2. The Morgan fingerprint density at radius 3 is 2.47 bits per heavy atom. The number of aromatic amines is 1. The summed E-state index contributed by atoms with van der Waals surface area (Å²) in [7, 11) is 2.92. The van der Waals surface area contributed by atoms with Crippen LogP contribution in [-0.4, -0.2) is 30.3 Å². The molecule has 6 nitrogen and oxygen atoms in total. The van der Waals surface area contributed by atoms with E-state index in [-0.39, 0.29) is 16.7 Å². The van der Waals surface area contributed by atoms with Gasteiger partial charge in [0.15, 0.2) is 5.43 Å². The monoisotopic (exact) mass is 263 g/mol. The Labute approximate surface area is 108 Å². The van der Waals surface area contributed by atoms with Gasteiger partial charge in [-0.15, -0.1) is 0 Å². The van der Waals surface area contributed by atoms with Gasteiger partial charge in [0.05, 0.1) is 25.1 Å². The number of aromatic nitrogens is 1. The van der Waals surface area contributed by atoms with E-state index in [1.807, 2.05) is 0 Å². The first-order chi connectivity index (χ1) is 8.99. The van der Waals surface area contributed by atoms with Crippen molar-refractivity contribution in [1.82, 2.24) is 4.98 Å². The molecule has 1 heterocycles. The lowest BCUT2D eigenvalue weighted by Gasteiger charge is -2.10. The highest BCUT2D eigenvalue weighted by Gasteiger charge is 2.17. The minimum absolute atomic E-state index is 0.138. The zero-order valence-corrected chi connectivity index (χ0v) is 10.7. The average Bonchev–Trinajstić information content (AvgIpc) is 2.41. The van der Waals surface area contributed by atoms with Crippen molar-refractivity contribution in [3.05, 3.63) is 33.6 Å². The van der Waals surface area contributed by atoms with Crippen molar-refractivity contribution in [1.29, 1.82) is 0 Å². The first-order valence-corrected chi connectivity index (χ1v) is 5.51. The molecule has 0 aliphatic carbocycles. The van der Waals surface area contributed by atoms with Gasteiger partial charge in [0.1, 0.15) is 17.2 Å². The van der Waals surface area contributed by atoms with E-state index in [0.29, 0.717) is 22.4 Å². The first-order valence-electron chi connectivity index (χ1n) is 5.51. The van der Waals surface area contributed by atoms with E-state index in [9.17, 15) is 9.59 Å². The summed E-state index contributed by atoms with van der Waals surface area (Å²) in [5.74, 6) is -0.361. The Morgan fingerprint density at radius 1 is 1.26 bits per heavy atom. The molecule has 19 heavy (non-hydrogen) atoms. The van der Waals surface area contributed by atoms with Crippen LogP contribution in [0, 0.1) is 6.92 Å². The van der Waals surface area contributed by atoms with Crippen molar-refractivity contribution < 1.29 is 19.4 Å². The molecule has 1 aromatic heterocycles. The highest BCUT2D eigenvalue weighted by Crippen LogP contribution is 2.28. The molecular formula is C13H13NO5. The molecule has 1 aromatic carbocycles. The van der Waals surface area contributed by atoms with Gasteiger partial charge in [-0.2, -0.15) is 0 Å². The summed E-state index contributed by atoms with van der Waals surface area (Å²) in [4.78, 5) is 26.0. The minimum Gasteiger partial charge on any atom is -0.497 e. The van der Waals surface area contributed by atoms with E-state index < -0.39 is 5.97 Å². The van der Waals surface area contributed by atoms with Crippen molar-refractivity contribution in [2.75, 3.05) is 14.2 Å². The van der Waals surface area contributed by atoms with Crippen LogP contribution in [0.4, 0.5) is 0 Å². The maximum atomic E-state index is 12.2. The molecule has 100 valence electrons. The van der Waals surface area contributed by atoms with E-state index in [1.54, 1.807) is 12.1 Å². The van der Waals surface area contributed by atoms with E-state index in [4.69, 9.17) is 14.6 Å². The minimum atomic E-state index is -1.19. The molecule has 0 aliphatic heterocycles. The topological polar surface area (TPSA) is 88.6 Å². The third-order valence-corrected chi connectivity index (χ3v) is 2.96. The van der Waals surface area contributed by atoms with Crippen LogP contribution < -0.4 is 14.9 Å². The molecule has 6 heteroatoms. The summed E-state index contributed by atoms with van der Waals surface area (Å²) in [6.45, 7) is 1.47. The van der Waals surface area contributed by atoms with Gasteiger partial charge in [0.25, 0.3) is 0 Å². The summed E-state index contributed by atoms with van der Waals surface area (Å²) < 4.78 is 10.2. The van der Waals surface area contributed by atoms with Gasteiger partial charge in [0, 0.05) is 11.6 Å². The van der Waals surface area contributed by atoms with Crippen LogP contribution in [0.3, 0.4) is 0 Å². The first kappa shape index (κ1) is 12.9. The number of nitrogens with one attached hydrogen (secondary N) is 1. The summed E-state index contributed by atoms with van der Waals surface area (Å²) in [5, 5.41) is 9.41. The number of fused-ring (bicyclic) bond motifs is 1. The maximum Gasteiger partial charge on any atom is 0.352 e. The number of benzene rings is 1. The lowest BCUT2D eigenvalue weighted by Crippen LogP contribution is -2.15. The number of aromatic carboxylic acids is 1. The zero-order valence-electron chi connectivity index (χ0n) is 10.7. The summed E-state index contributed by atoms with van der Waals surface area (Å²) in [6, 6.07) is 3.13. The Kier molecular flexibility index (Phi) is 3.16. The largest absolute Gasteiger partial charge is 0.497 e. The smallest absolute Gasteiger partial charge is 0.352 e. The number of carboxylic acid groups (broad SMARTS) is 1. The van der Waals surface area contributed by atoms with Gasteiger partial charge in [0.2, 0.25) is 0 Å². The molecule has 0 radical (unpaired) electrons. The van der Waals surface area contributed by atoms with Gasteiger partial charge in [-0.1, -0.05) is 0 Å². The van der Waals surface area contributed by atoms with Gasteiger partial charge in [-0.3, -0.25) is 4.79 Å². The third kappa shape index (κ3) is 2.01. The number of carbonyl (C=O) groups is 1. The lowest BCUT2D eigenvalue weighted by molar-refractivity contribution is 0.0690. The van der Waals surface area contributed by atoms with Gasteiger partial charge in [-0.05, 0) is 13.0 Å². The molecule has 0 saturated carbocycles. The highest BCUT2D eigenvalue weighted by atomic mass is 16.5. The molecule has 0 spiro atoms. The fourth-order valence-corrected chi connectivity index (χ4v) is 1.93. The molecule has 0 amide bonds. The van der Waals surface area contributed by atoms with Crippen molar-refractivity contribution in [3.63, 3.8) is 0 Å². The molecule has 0 bridgehead atoms. The number of carboxylic acids is 1. The number of pyridine rings is 1. The number of hydrogen-bond acceptors (Lipinski definition) is 4. The molecule has 2 rings (SSSR count). The molecule has 2 aromatic rings. The Morgan fingerprint density at radius 2 is 1.95 bits per heavy atom. The molecule has 0 aliphatic rings. The van der Waals surface area contributed by atoms with Gasteiger partial charge in [-0.25, -0.2) is 4.79 Å². The van der Waals surface area contributed by atoms with Crippen LogP contribution >= 0.6 is 0 Å². The second kappa shape index (κ2) is 4.64. The summed E-state index contributed by atoms with van der Waals surface area (Å²) in [6.07, 6.45) is 0. The van der Waals surface area contributed by atoms with Crippen LogP contribution in [0.2, 0.25) is 0 Å². The summed E-state index contributed by atoms with van der Waals surface area (Å²) in [5.41, 5.74) is -0.00378. The van der Waals surface area contributed by atoms with Crippen molar-refractivity contribution in [3.8, 4) is 11.5 Å². The zero-order chi connectivity index (χ0) is 14.2. The second-order valence-corrected chi connectivity index (χ2v) is 4.01. The van der Waals surface area contributed by atoms with E-state index in [2.05, 4.69) is 4.98 Å². The molecule has 0 fully saturated rings. The van der Waals surface area contributed by atoms with E-state index in [1.165, 1.54) is 21.1 Å². The van der Waals surface area contributed by atoms with E-state index in [0.717, 1.165) is 0 Å². The number of ether oxygens (including phenoxy) is 2. The average molecular weight is 263 g/mol. The number of H-pyrrole nitrogens is 1. The molecule has 0 unspecified atom stereocenters. The lowest BCUT2D eigenvalue weighted by atomic mass is 10.1.